The van der Waals surface area contributed by atoms with Gasteiger partial charge in [0, 0.05) is 19.8 Å². The van der Waals surface area contributed by atoms with Crippen molar-refractivity contribution in [1.29, 1.82) is 5.26 Å². The van der Waals surface area contributed by atoms with Crippen LogP contribution in [0, 0.1) is 11.3 Å². The summed E-state index contributed by atoms with van der Waals surface area (Å²) in [7, 11) is -4.14. The lowest BCUT2D eigenvalue weighted by molar-refractivity contribution is 0.100. The van der Waals surface area contributed by atoms with Crippen LogP contribution in [-0.4, -0.2) is 19.5 Å². The topological polar surface area (TPSA) is 75.0 Å². The van der Waals surface area contributed by atoms with E-state index in [0.717, 1.165) is 19.5 Å². The van der Waals surface area contributed by atoms with Crippen molar-refractivity contribution < 1.29 is 13.2 Å². The SMILES string of the molecule is N#C[C@@H](C(=O)c1cc2sc3ccccc3c2s1)S(=O)(=O)c1ccc(Cl)cc1. The van der Waals surface area contributed by atoms with E-state index in [2.05, 4.69) is 0 Å². The number of sulfone groups is 1. The number of hydrogen-bond donors (Lipinski definition) is 0. The van der Waals surface area contributed by atoms with Gasteiger partial charge in [0.15, 0.2) is 0 Å². The predicted octanol–water partition coefficient (Wildman–Crippen LogP) is 5.32. The van der Waals surface area contributed by atoms with Crippen LogP contribution in [0.3, 0.4) is 0 Å². The van der Waals surface area contributed by atoms with Crippen LogP contribution in [0.1, 0.15) is 9.67 Å². The van der Waals surface area contributed by atoms with Crippen molar-refractivity contribution in [2.45, 2.75) is 10.1 Å². The van der Waals surface area contributed by atoms with E-state index in [9.17, 15) is 18.5 Å². The van der Waals surface area contributed by atoms with Gasteiger partial charge >= 0.3 is 0 Å². The van der Waals surface area contributed by atoms with E-state index in [4.69, 9.17) is 11.6 Å². The number of thiophene rings is 2. The first-order valence-corrected chi connectivity index (χ1v) is 11.3. The maximum Gasteiger partial charge on any atom is 0.215 e. The van der Waals surface area contributed by atoms with Gasteiger partial charge in [0.05, 0.1) is 20.5 Å². The third-order valence-electron chi connectivity index (χ3n) is 4.10. The highest BCUT2D eigenvalue weighted by atomic mass is 35.5. The number of Topliss-reactive ketones (excluding diaryl/α,β-unsaturated/α-hetero) is 1. The Bertz CT molecular complexity index is 1330. The van der Waals surface area contributed by atoms with Crippen LogP contribution >= 0.6 is 34.3 Å². The lowest BCUT2D eigenvalue weighted by atomic mass is 10.2. The van der Waals surface area contributed by atoms with Crippen molar-refractivity contribution in [3.8, 4) is 6.07 Å². The van der Waals surface area contributed by atoms with Crippen LogP contribution in [0.2, 0.25) is 5.02 Å². The molecule has 0 saturated heterocycles. The zero-order chi connectivity index (χ0) is 19.2. The van der Waals surface area contributed by atoms with Gasteiger partial charge < -0.3 is 0 Å². The van der Waals surface area contributed by atoms with Crippen LogP contribution in [0.4, 0.5) is 0 Å². The smallest absolute Gasteiger partial charge is 0.215 e. The van der Waals surface area contributed by atoms with E-state index in [-0.39, 0.29) is 9.77 Å². The molecule has 0 radical (unpaired) electrons. The molecule has 27 heavy (non-hydrogen) atoms. The largest absolute Gasteiger partial charge is 0.291 e. The molecule has 0 saturated carbocycles. The first kappa shape index (κ1) is 18.1. The molecule has 4 aromatic rings. The van der Waals surface area contributed by atoms with Crippen molar-refractivity contribution in [1.82, 2.24) is 0 Å². The third kappa shape index (κ3) is 3.05. The second-order valence-electron chi connectivity index (χ2n) is 5.77. The van der Waals surface area contributed by atoms with Crippen molar-refractivity contribution in [3.05, 3.63) is 64.5 Å². The molecular weight excluding hydrogens is 422 g/mol. The third-order valence-corrected chi connectivity index (χ3v) is 8.65. The summed E-state index contributed by atoms with van der Waals surface area (Å²) in [6.07, 6.45) is 0. The standard InChI is InChI=1S/C19H10ClNO3S3/c20-11-5-7-12(8-6-11)27(23,24)17(10-21)18(22)15-9-16-19(26-15)13-3-1-2-4-14(13)25-16/h1-9,17H/t17-/m0/s1. The normalized spacial score (nSPS) is 12.9. The highest BCUT2D eigenvalue weighted by Crippen LogP contribution is 2.40. The van der Waals surface area contributed by atoms with Crippen LogP contribution in [0.25, 0.3) is 19.5 Å². The Morgan fingerprint density at radius 2 is 1.74 bits per heavy atom. The number of rotatable bonds is 4. The van der Waals surface area contributed by atoms with Gasteiger partial charge in [-0.1, -0.05) is 29.8 Å². The second kappa shape index (κ2) is 6.73. The quantitative estimate of drug-likeness (QED) is 0.410. The molecule has 2 aromatic heterocycles. The first-order chi connectivity index (χ1) is 12.9. The van der Waals surface area contributed by atoms with Crippen molar-refractivity contribution in [2.75, 3.05) is 0 Å². The molecule has 2 heterocycles. The minimum atomic E-state index is -4.14. The highest BCUT2D eigenvalue weighted by Gasteiger charge is 2.35. The fourth-order valence-electron chi connectivity index (χ4n) is 2.78. The van der Waals surface area contributed by atoms with Crippen molar-refractivity contribution in [2.24, 2.45) is 0 Å². The number of nitrogens with zero attached hydrogens (tertiary/aromatic N) is 1. The van der Waals surface area contributed by atoms with Gasteiger partial charge in [-0.15, -0.1) is 22.7 Å². The van der Waals surface area contributed by atoms with Crippen LogP contribution in [0.15, 0.2) is 59.5 Å². The van der Waals surface area contributed by atoms with Gasteiger partial charge in [0.2, 0.25) is 20.9 Å². The molecule has 4 nitrogen and oxygen atoms in total. The molecule has 0 spiro atoms. The zero-order valence-electron chi connectivity index (χ0n) is 13.5. The predicted molar refractivity (Wildman–Crippen MR) is 110 cm³/mol. The number of benzene rings is 2. The lowest BCUT2D eigenvalue weighted by Gasteiger charge is -2.09. The van der Waals surface area contributed by atoms with E-state index < -0.39 is 20.9 Å². The van der Waals surface area contributed by atoms with Gasteiger partial charge in [-0.05, 0) is 36.4 Å². The number of carbonyl (C=O) groups excluding carboxylic acids is 1. The number of carbonyl (C=O) groups is 1. The molecule has 4 rings (SSSR count). The molecule has 0 unspecified atom stereocenters. The van der Waals surface area contributed by atoms with E-state index >= 15 is 0 Å². The molecule has 0 aliphatic heterocycles. The van der Waals surface area contributed by atoms with Crippen LogP contribution < -0.4 is 0 Å². The summed E-state index contributed by atoms with van der Waals surface area (Å²) in [5.74, 6) is -0.704. The summed E-state index contributed by atoms with van der Waals surface area (Å²) in [4.78, 5) is 13.0. The summed E-state index contributed by atoms with van der Waals surface area (Å²) in [5.41, 5.74) is 0. The van der Waals surface area contributed by atoms with Gasteiger partial charge in [0.1, 0.15) is 0 Å². The maximum absolute atomic E-state index is 12.9. The lowest BCUT2D eigenvalue weighted by Crippen LogP contribution is -2.28. The fourth-order valence-corrected chi connectivity index (χ4v) is 6.81. The van der Waals surface area contributed by atoms with Gasteiger partial charge in [-0.3, -0.25) is 4.79 Å². The maximum atomic E-state index is 12.9. The Labute approximate surface area is 168 Å². The molecule has 134 valence electrons. The van der Waals surface area contributed by atoms with Gasteiger partial charge in [-0.2, -0.15) is 5.26 Å². The summed E-state index contributed by atoms with van der Waals surface area (Å²) >= 11 is 8.55. The monoisotopic (exact) mass is 431 g/mol. The van der Waals surface area contributed by atoms with E-state index in [1.807, 2.05) is 24.3 Å². The summed E-state index contributed by atoms with van der Waals surface area (Å²) in [5, 5.41) is 9.04. The van der Waals surface area contributed by atoms with Gasteiger partial charge in [-0.25, -0.2) is 8.42 Å². The Hall–Kier alpha value is -2.24. The van der Waals surface area contributed by atoms with Crippen LogP contribution in [-0.2, 0) is 9.84 Å². The van der Waals surface area contributed by atoms with Crippen LogP contribution in [0.5, 0.6) is 0 Å². The molecule has 0 fully saturated rings. The average molecular weight is 432 g/mol. The number of halogens is 1. The van der Waals surface area contributed by atoms with Crippen molar-refractivity contribution in [3.63, 3.8) is 0 Å². The zero-order valence-corrected chi connectivity index (χ0v) is 16.8. The molecule has 0 N–H and O–H groups in total. The second-order valence-corrected chi connectivity index (χ2v) is 10.4. The van der Waals surface area contributed by atoms with Gasteiger partial charge in [0.25, 0.3) is 0 Å². The average Bonchev–Trinajstić information content (AvgIpc) is 3.20. The molecule has 0 aliphatic carbocycles. The molecule has 1 atom stereocenters. The summed E-state index contributed by atoms with van der Waals surface area (Å²) in [6, 6.07) is 16.6. The molecule has 8 heteroatoms. The van der Waals surface area contributed by atoms with E-state index in [1.54, 1.807) is 12.1 Å². The number of hydrogen-bond acceptors (Lipinski definition) is 6. The summed E-state index contributed by atoms with van der Waals surface area (Å²) in [6.45, 7) is 0. The Kier molecular flexibility index (Phi) is 4.52. The first-order valence-electron chi connectivity index (χ1n) is 7.76. The minimum Gasteiger partial charge on any atom is -0.291 e. The highest BCUT2D eigenvalue weighted by molar-refractivity contribution is 7.93. The summed E-state index contributed by atoms with van der Waals surface area (Å²) < 4.78 is 28.5. The molecule has 0 bridgehead atoms. The van der Waals surface area contributed by atoms with Crippen molar-refractivity contribution >= 4 is 69.4 Å². The Balaban J connectivity index is 1.77. The Morgan fingerprint density at radius 1 is 1.04 bits per heavy atom. The molecule has 0 aliphatic rings. The minimum absolute atomic E-state index is 0.101. The van der Waals surface area contributed by atoms with E-state index in [1.165, 1.54) is 46.9 Å². The Morgan fingerprint density at radius 3 is 2.44 bits per heavy atom. The number of nitriles is 1. The molecule has 0 amide bonds. The fraction of sp³-hybridized carbons (Fsp3) is 0.0526. The molecule has 2 aromatic carbocycles. The number of ketones is 1. The van der Waals surface area contributed by atoms with E-state index in [0.29, 0.717) is 5.02 Å². The number of fused-ring (bicyclic) bond motifs is 3. The molecular formula is C19H10ClNO3S3.